The van der Waals surface area contributed by atoms with Gasteiger partial charge in [-0.1, -0.05) is 19.1 Å². The Labute approximate surface area is 110 Å². The molecule has 1 N–H and O–H groups in total. The lowest BCUT2D eigenvalue weighted by molar-refractivity contribution is 0.448. The number of nitrogens with one attached hydrogen (secondary N) is 1. The van der Waals surface area contributed by atoms with E-state index < -0.39 is 0 Å². The Morgan fingerprint density at radius 2 is 2.28 bits per heavy atom. The second-order valence-corrected chi connectivity index (χ2v) is 5.59. The summed E-state index contributed by atoms with van der Waals surface area (Å²) < 4.78 is 0. The zero-order chi connectivity index (χ0) is 12.4. The molecule has 18 heavy (non-hydrogen) atoms. The lowest BCUT2D eigenvalue weighted by Crippen LogP contribution is -2.40. The van der Waals surface area contributed by atoms with E-state index in [2.05, 4.69) is 35.3 Å². The van der Waals surface area contributed by atoms with E-state index in [-0.39, 0.29) is 0 Å². The van der Waals surface area contributed by atoms with Crippen molar-refractivity contribution >= 4 is 5.69 Å². The first-order valence-electron chi connectivity index (χ1n) is 7.48. The monoisotopic (exact) mass is 244 g/mol. The number of nitrogens with zero attached hydrogens (tertiary/aromatic N) is 1. The summed E-state index contributed by atoms with van der Waals surface area (Å²) in [6.07, 6.45) is 6.61. The van der Waals surface area contributed by atoms with Crippen LogP contribution >= 0.6 is 0 Å². The molecule has 2 nitrogen and oxygen atoms in total. The SMILES string of the molecule is CCC1CCCCN1c1cccc2c1CCNC2. The van der Waals surface area contributed by atoms with E-state index in [1.54, 1.807) is 5.56 Å². The number of rotatable bonds is 2. The molecule has 1 aromatic rings. The molecule has 2 heteroatoms. The maximum atomic E-state index is 3.48. The molecular formula is C16H24N2. The summed E-state index contributed by atoms with van der Waals surface area (Å²) in [6.45, 7) is 5.77. The number of hydrogen-bond acceptors (Lipinski definition) is 2. The van der Waals surface area contributed by atoms with Crippen LogP contribution in [-0.4, -0.2) is 19.1 Å². The predicted octanol–water partition coefficient (Wildman–Crippen LogP) is 3.10. The molecule has 1 unspecified atom stereocenters. The molecule has 1 fully saturated rings. The van der Waals surface area contributed by atoms with Crippen molar-refractivity contribution in [3.63, 3.8) is 0 Å². The van der Waals surface area contributed by atoms with Crippen molar-refractivity contribution in [1.29, 1.82) is 0 Å². The average molecular weight is 244 g/mol. The van der Waals surface area contributed by atoms with E-state index in [9.17, 15) is 0 Å². The van der Waals surface area contributed by atoms with Crippen LogP contribution in [0, 0.1) is 0 Å². The zero-order valence-corrected chi connectivity index (χ0v) is 11.4. The van der Waals surface area contributed by atoms with E-state index in [0.29, 0.717) is 0 Å². The Bertz CT molecular complexity index is 414. The molecule has 0 radical (unpaired) electrons. The van der Waals surface area contributed by atoms with Crippen LogP contribution in [-0.2, 0) is 13.0 Å². The summed E-state index contributed by atoms with van der Waals surface area (Å²) in [4.78, 5) is 2.69. The summed E-state index contributed by atoms with van der Waals surface area (Å²) in [5, 5.41) is 3.48. The van der Waals surface area contributed by atoms with E-state index in [4.69, 9.17) is 0 Å². The van der Waals surface area contributed by atoms with Crippen molar-refractivity contribution in [3.8, 4) is 0 Å². The Morgan fingerprint density at radius 3 is 3.17 bits per heavy atom. The normalized spacial score (nSPS) is 23.8. The van der Waals surface area contributed by atoms with Crippen molar-refractivity contribution in [2.75, 3.05) is 18.0 Å². The minimum absolute atomic E-state index is 0.764. The summed E-state index contributed by atoms with van der Waals surface area (Å²) in [5.41, 5.74) is 4.65. The third kappa shape index (κ3) is 2.14. The van der Waals surface area contributed by atoms with Crippen LogP contribution in [0.3, 0.4) is 0 Å². The fourth-order valence-electron chi connectivity index (χ4n) is 3.52. The molecule has 2 aliphatic heterocycles. The molecular weight excluding hydrogens is 220 g/mol. The van der Waals surface area contributed by atoms with E-state index in [1.165, 1.54) is 49.9 Å². The fraction of sp³-hybridized carbons (Fsp3) is 0.625. The standard InChI is InChI=1S/C16H24N2/c1-2-14-7-3-4-11-18(14)16-8-5-6-13-12-17-10-9-15(13)16/h5-6,8,14,17H,2-4,7,9-12H2,1H3. The molecule has 1 aromatic carbocycles. The van der Waals surface area contributed by atoms with Crippen molar-refractivity contribution in [1.82, 2.24) is 5.32 Å². The lowest BCUT2D eigenvalue weighted by Gasteiger charge is -2.39. The highest BCUT2D eigenvalue weighted by atomic mass is 15.2. The van der Waals surface area contributed by atoms with E-state index in [1.807, 2.05) is 0 Å². The summed E-state index contributed by atoms with van der Waals surface area (Å²) in [6, 6.07) is 7.64. The summed E-state index contributed by atoms with van der Waals surface area (Å²) in [7, 11) is 0. The van der Waals surface area contributed by atoms with Crippen molar-refractivity contribution in [2.24, 2.45) is 0 Å². The maximum absolute atomic E-state index is 3.48. The minimum atomic E-state index is 0.764. The second kappa shape index (κ2) is 5.31. The first kappa shape index (κ1) is 12.0. The molecule has 2 aliphatic rings. The Morgan fingerprint density at radius 1 is 1.33 bits per heavy atom. The fourth-order valence-corrected chi connectivity index (χ4v) is 3.52. The van der Waals surface area contributed by atoms with Crippen LogP contribution in [0.5, 0.6) is 0 Å². The van der Waals surface area contributed by atoms with Crippen LogP contribution in [0.4, 0.5) is 5.69 Å². The van der Waals surface area contributed by atoms with E-state index in [0.717, 1.165) is 19.1 Å². The number of anilines is 1. The van der Waals surface area contributed by atoms with Gasteiger partial charge in [0.1, 0.15) is 0 Å². The van der Waals surface area contributed by atoms with Gasteiger partial charge in [-0.05, 0) is 55.8 Å². The van der Waals surface area contributed by atoms with Crippen molar-refractivity contribution in [2.45, 2.75) is 51.6 Å². The highest BCUT2D eigenvalue weighted by molar-refractivity contribution is 5.58. The van der Waals surface area contributed by atoms with E-state index >= 15 is 0 Å². The summed E-state index contributed by atoms with van der Waals surface area (Å²) in [5.74, 6) is 0. The van der Waals surface area contributed by atoms with Crippen LogP contribution in [0.2, 0.25) is 0 Å². The van der Waals surface area contributed by atoms with Gasteiger partial charge in [0, 0.05) is 24.8 Å². The Balaban J connectivity index is 1.95. The number of fused-ring (bicyclic) bond motifs is 1. The number of piperidine rings is 1. The molecule has 0 aromatic heterocycles. The van der Waals surface area contributed by atoms with Crippen molar-refractivity contribution in [3.05, 3.63) is 29.3 Å². The first-order valence-corrected chi connectivity index (χ1v) is 7.48. The molecule has 2 heterocycles. The van der Waals surface area contributed by atoms with Gasteiger partial charge in [-0.15, -0.1) is 0 Å². The molecule has 0 amide bonds. The van der Waals surface area contributed by atoms with Gasteiger partial charge >= 0.3 is 0 Å². The zero-order valence-electron chi connectivity index (χ0n) is 11.4. The van der Waals surface area contributed by atoms with Crippen LogP contribution < -0.4 is 10.2 Å². The minimum Gasteiger partial charge on any atom is -0.368 e. The number of benzene rings is 1. The third-order valence-corrected chi connectivity index (χ3v) is 4.52. The highest BCUT2D eigenvalue weighted by Gasteiger charge is 2.24. The first-order chi connectivity index (χ1) is 8.90. The van der Waals surface area contributed by atoms with Gasteiger partial charge in [0.05, 0.1) is 0 Å². The number of hydrogen-bond donors (Lipinski definition) is 1. The maximum Gasteiger partial charge on any atom is 0.0405 e. The smallest absolute Gasteiger partial charge is 0.0405 e. The largest absolute Gasteiger partial charge is 0.368 e. The van der Waals surface area contributed by atoms with Crippen LogP contribution in [0.1, 0.15) is 43.7 Å². The average Bonchev–Trinajstić information content (AvgIpc) is 2.46. The Kier molecular flexibility index (Phi) is 3.55. The van der Waals surface area contributed by atoms with Gasteiger partial charge in [-0.3, -0.25) is 0 Å². The van der Waals surface area contributed by atoms with Gasteiger partial charge in [-0.2, -0.15) is 0 Å². The summed E-state index contributed by atoms with van der Waals surface area (Å²) >= 11 is 0. The van der Waals surface area contributed by atoms with Crippen LogP contribution in [0.25, 0.3) is 0 Å². The van der Waals surface area contributed by atoms with Gasteiger partial charge in [0.15, 0.2) is 0 Å². The molecule has 0 aliphatic carbocycles. The van der Waals surface area contributed by atoms with Gasteiger partial charge < -0.3 is 10.2 Å². The molecule has 3 rings (SSSR count). The molecule has 0 spiro atoms. The van der Waals surface area contributed by atoms with Crippen LogP contribution in [0.15, 0.2) is 18.2 Å². The lowest BCUT2D eigenvalue weighted by atomic mass is 9.94. The third-order valence-electron chi connectivity index (χ3n) is 4.52. The molecule has 1 saturated heterocycles. The molecule has 0 saturated carbocycles. The topological polar surface area (TPSA) is 15.3 Å². The van der Waals surface area contributed by atoms with Gasteiger partial charge in [-0.25, -0.2) is 0 Å². The predicted molar refractivity (Wildman–Crippen MR) is 77.1 cm³/mol. The molecule has 1 atom stereocenters. The highest BCUT2D eigenvalue weighted by Crippen LogP contribution is 2.32. The quantitative estimate of drug-likeness (QED) is 0.860. The second-order valence-electron chi connectivity index (χ2n) is 5.59. The van der Waals surface area contributed by atoms with Gasteiger partial charge in [0.25, 0.3) is 0 Å². The Hall–Kier alpha value is -1.02. The van der Waals surface area contributed by atoms with Crippen molar-refractivity contribution < 1.29 is 0 Å². The van der Waals surface area contributed by atoms with Gasteiger partial charge in [0.2, 0.25) is 0 Å². The molecule has 98 valence electrons. The molecule has 0 bridgehead atoms.